The molecule has 0 radical (unpaired) electrons. The van der Waals surface area contributed by atoms with Crippen molar-refractivity contribution >= 4 is 46.5 Å². The molecule has 0 amide bonds. The van der Waals surface area contributed by atoms with Gasteiger partial charge in [-0.15, -0.1) is 10.2 Å². The van der Waals surface area contributed by atoms with Crippen molar-refractivity contribution in [2.45, 2.75) is 75.8 Å². The summed E-state index contributed by atoms with van der Waals surface area (Å²) in [5, 5.41) is 16.6. The third-order valence-corrected chi connectivity index (χ3v) is 12.5. The number of alkyl halides is 6. The van der Waals surface area contributed by atoms with Crippen molar-refractivity contribution in [3.05, 3.63) is 143 Å². The van der Waals surface area contributed by atoms with Crippen LogP contribution in [0.2, 0.25) is 10.3 Å². The quantitative estimate of drug-likeness (QED) is 0.0995. The van der Waals surface area contributed by atoms with Crippen molar-refractivity contribution in [3.63, 3.8) is 0 Å². The van der Waals surface area contributed by atoms with Crippen LogP contribution >= 0.6 is 23.2 Å². The first kappa shape index (κ1) is 51.4. The highest BCUT2D eigenvalue weighted by atomic mass is 35.5. The van der Waals surface area contributed by atoms with Crippen LogP contribution in [0.5, 0.6) is 23.0 Å². The Kier molecular flexibility index (Phi) is 15.5. The highest BCUT2D eigenvalue weighted by molar-refractivity contribution is 6.29. The van der Waals surface area contributed by atoms with Gasteiger partial charge in [-0.2, -0.15) is 36.3 Å². The van der Waals surface area contributed by atoms with E-state index in [9.17, 15) is 26.3 Å². The molecule has 2 atom stereocenters. The highest BCUT2D eigenvalue weighted by Crippen LogP contribution is 2.37. The lowest BCUT2D eigenvalue weighted by molar-refractivity contribution is -0.154. The number of benzene rings is 4. The number of hydrogen-bond acceptors (Lipinski definition) is 12. The van der Waals surface area contributed by atoms with Gasteiger partial charge in [0.1, 0.15) is 57.6 Å². The van der Waals surface area contributed by atoms with Crippen LogP contribution in [0, 0.1) is 0 Å². The van der Waals surface area contributed by atoms with Crippen molar-refractivity contribution < 1.29 is 45.3 Å². The van der Waals surface area contributed by atoms with Gasteiger partial charge in [0, 0.05) is 60.8 Å². The second kappa shape index (κ2) is 22.3. The molecule has 0 unspecified atom stereocenters. The fourth-order valence-corrected chi connectivity index (χ4v) is 9.05. The summed E-state index contributed by atoms with van der Waals surface area (Å²) >= 11 is 11.9. The summed E-state index contributed by atoms with van der Waals surface area (Å²) in [6.45, 7) is -1.17. The monoisotopic (exact) mass is 1060 g/mol. The smallest absolute Gasteiger partial charge is 0.422 e. The molecule has 0 saturated heterocycles. The molecule has 2 N–H and O–H groups in total. The van der Waals surface area contributed by atoms with Crippen molar-refractivity contribution in [2.24, 2.45) is 0 Å². The molecule has 2 aliphatic heterocycles. The van der Waals surface area contributed by atoms with Crippen molar-refractivity contribution in [3.8, 4) is 34.4 Å². The fourth-order valence-electron chi connectivity index (χ4n) is 8.75. The zero-order valence-electron chi connectivity index (χ0n) is 39.7. The van der Waals surface area contributed by atoms with Crippen LogP contribution in [0.3, 0.4) is 0 Å². The van der Waals surface area contributed by atoms with E-state index in [1.54, 1.807) is 96.9 Å². The number of imidazole rings is 2. The molecule has 0 bridgehead atoms. The maximum absolute atomic E-state index is 12.5. The van der Waals surface area contributed by atoms with Crippen LogP contribution in [-0.4, -0.2) is 88.4 Å². The van der Waals surface area contributed by atoms with E-state index in [1.165, 1.54) is 0 Å². The van der Waals surface area contributed by atoms with E-state index < -0.39 is 25.6 Å². The lowest BCUT2D eigenvalue weighted by Crippen LogP contribution is -2.19. The first-order chi connectivity index (χ1) is 35.6. The molecule has 10 rings (SSSR count). The number of nitrogens with one attached hydrogen (secondary N) is 2. The molecular formula is C50H48Cl2F6N12O4. The van der Waals surface area contributed by atoms with Crippen LogP contribution in [0.25, 0.3) is 11.4 Å². The SMILES string of the molecule is COc1cc(Nc2nc3n(n2)CCCC[C@@H]3c2ccc(OCC(F)(F)F)cc2)ccc1-n1cnc(Cl)c1.COc1cc(Nc2nc3n(n2)CCCC[C@H]3c2ccc(OCC(F)(F)F)cc2)ccc1-n1cnc(Cl)c1. The molecule has 388 valence electrons. The number of methoxy groups -OCH3 is 2. The van der Waals surface area contributed by atoms with E-state index in [0.29, 0.717) is 33.7 Å². The summed E-state index contributed by atoms with van der Waals surface area (Å²) < 4.78 is 103. The minimum Gasteiger partial charge on any atom is -0.494 e. The second-order valence-corrected chi connectivity index (χ2v) is 18.1. The maximum atomic E-state index is 12.5. The van der Waals surface area contributed by atoms with E-state index in [2.05, 4.69) is 30.8 Å². The van der Waals surface area contributed by atoms with Gasteiger partial charge >= 0.3 is 12.4 Å². The Labute approximate surface area is 430 Å². The molecule has 0 saturated carbocycles. The Morgan fingerprint density at radius 2 is 0.973 bits per heavy atom. The van der Waals surface area contributed by atoms with Gasteiger partial charge in [0.05, 0.1) is 25.6 Å². The van der Waals surface area contributed by atoms with E-state index >= 15 is 0 Å². The number of halogens is 8. The van der Waals surface area contributed by atoms with Crippen molar-refractivity contribution in [1.82, 2.24) is 48.6 Å². The molecule has 74 heavy (non-hydrogen) atoms. The van der Waals surface area contributed by atoms with Crippen LogP contribution in [-0.2, 0) is 13.1 Å². The van der Waals surface area contributed by atoms with Crippen LogP contribution in [0.1, 0.15) is 73.1 Å². The highest BCUT2D eigenvalue weighted by Gasteiger charge is 2.31. The Hall–Kier alpha value is -7.46. The predicted molar refractivity (Wildman–Crippen MR) is 264 cm³/mol. The number of fused-ring (bicyclic) bond motifs is 2. The zero-order chi connectivity index (χ0) is 52.0. The van der Waals surface area contributed by atoms with Gasteiger partial charge in [-0.3, -0.25) is 0 Å². The maximum Gasteiger partial charge on any atom is 0.422 e. The van der Waals surface area contributed by atoms with Crippen LogP contribution in [0.15, 0.2) is 110 Å². The summed E-state index contributed by atoms with van der Waals surface area (Å²) in [6.07, 6.45) is 3.44. The van der Waals surface area contributed by atoms with E-state index in [4.69, 9.17) is 52.1 Å². The Morgan fingerprint density at radius 1 is 0.568 bits per heavy atom. The van der Waals surface area contributed by atoms with Gasteiger partial charge in [0.25, 0.3) is 0 Å². The van der Waals surface area contributed by atoms with Gasteiger partial charge in [-0.1, -0.05) is 60.3 Å². The van der Waals surface area contributed by atoms with Crippen molar-refractivity contribution in [2.75, 3.05) is 38.1 Å². The van der Waals surface area contributed by atoms with Gasteiger partial charge in [0.2, 0.25) is 11.9 Å². The molecule has 0 spiro atoms. The Balaban J connectivity index is 0.000000182. The average molecular weight is 1070 g/mol. The van der Waals surface area contributed by atoms with Gasteiger partial charge in [0.15, 0.2) is 13.2 Å². The molecule has 0 fully saturated rings. The number of hydrogen-bond donors (Lipinski definition) is 2. The first-order valence-electron chi connectivity index (χ1n) is 23.4. The number of aromatic nitrogens is 10. The van der Waals surface area contributed by atoms with E-state index in [1.807, 2.05) is 45.8 Å². The zero-order valence-corrected chi connectivity index (χ0v) is 41.3. The third-order valence-electron chi connectivity index (χ3n) is 12.1. The fraction of sp³-hybridized carbons (Fsp3) is 0.320. The average Bonchev–Trinajstić information content (AvgIpc) is 4.16. The van der Waals surface area contributed by atoms with Gasteiger partial charge in [-0.05, 0) is 85.3 Å². The lowest BCUT2D eigenvalue weighted by atomic mass is 9.93. The molecule has 6 heterocycles. The van der Waals surface area contributed by atoms with Gasteiger partial charge in [-0.25, -0.2) is 19.3 Å². The predicted octanol–water partition coefficient (Wildman–Crippen LogP) is 12.3. The molecule has 24 heteroatoms. The molecular weight excluding hydrogens is 1020 g/mol. The summed E-state index contributed by atoms with van der Waals surface area (Å²) in [7, 11) is 3.17. The number of nitrogens with zero attached hydrogens (tertiary/aromatic N) is 10. The minimum absolute atomic E-state index is 0.0369. The third kappa shape index (κ3) is 12.8. The topological polar surface area (TPSA) is 158 Å². The van der Waals surface area contributed by atoms with Crippen LogP contribution in [0.4, 0.5) is 49.6 Å². The number of rotatable bonds is 14. The Morgan fingerprint density at radius 3 is 1.32 bits per heavy atom. The van der Waals surface area contributed by atoms with E-state index in [0.717, 1.165) is 97.1 Å². The van der Waals surface area contributed by atoms with E-state index in [-0.39, 0.29) is 23.3 Å². The number of ether oxygens (including phenoxy) is 4. The molecule has 2 aliphatic rings. The molecule has 0 aliphatic carbocycles. The first-order valence-corrected chi connectivity index (χ1v) is 24.1. The molecule has 8 aromatic rings. The summed E-state index contributed by atoms with van der Waals surface area (Å²) in [4.78, 5) is 17.6. The Bertz CT molecular complexity index is 2950. The summed E-state index contributed by atoms with van der Waals surface area (Å²) in [5.41, 5.74) is 4.95. The molecule has 16 nitrogen and oxygen atoms in total. The van der Waals surface area contributed by atoms with Crippen LogP contribution < -0.4 is 29.6 Å². The largest absolute Gasteiger partial charge is 0.494 e. The minimum atomic E-state index is -4.38. The molecule has 4 aromatic carbocycles. The normalized spacial score (nSPS) is 15.6. The lowest BCUT2D eigenvalue weighted by Gasteiger charge is -2.15. The van der Waals surface area contributed by atoms with Gasteiger partial charge < -0.3 is 38.7 Å². The summed E-state index contributed by atoms with van der Waals surface area (Å²) in [5.74, 6) is 4.02. The molecule has 4 aromatic heterocycles. The standard InChI is InChI=1S/2C25H24ClF3N6O2/c2*1-36-21-12-17(7-10-20(21)34-13-22(26)30-15-34)31-24-32-23-19(4-2-3-11-35(23)33-24)16-5-8-18(9-6-16)37-14-25(27,28)29/h2*5-10,12-13,15,19H,2-4,11,14H2,1H3,(H,31,33)/t2*19-/m10/s1. The second-order valence-electron chi connectivity index (χ2n) is 17.3. The van der Waals surface area contributed by atoms with Crippen molar-refractivity contribution in [1.29, 1.82) is 0 Å². The number of aryl methyl sites for hydroxylation is 2. The number of anilines is 4. The summed E-state index contributed by atoms with van der Waals surface area (Å²) in [6, 6.07) is 24.6.